The number of ether oxygens (including phenoxy) is 1. The highest BCUT2D eigenvalue weighted by Gasteiger charge is 2.30. The molecule has 1 fully saturated rings. The molecule has 0 radical (unpaired) electrons. The van der Waals surface area contributed by atoms with Gasteiger partial charge in [-0.25, -0.2) is 9.78 Å². The molecule has 0 N–H and O–H groups in total. The first-order chi connectivity index (χ1) is 14.7. The van der Waals surface area contributed by atoms with Gasteiger partial charge in [0.25, 0.3) is 0 Å². The summed E-state index contributed by atoms with van der Waals surface area (Å²) in [5, 5.41) is 2.29. The van der Waals surface area contributed by atoms with Crippen LogP contribution < -0.4 is 4.90 Å². The molecular weight excluding hydrogens is 500 g/mol. The number of carbonyl (C=O) groups is 1. The minimum atomic E-state index is -0.627. The van der Waals surface area contributed by atoms with E-state index in [1.54, 1.807) is 22.3 Å². The molecule has 0 atom stereocenters. The smallest absolute Gasteiger partial charge is 0.415 e. The molecule has 1 amide bonds. The molecule has 1 aliphatic carbocycles. The molecular formula is C23H26BrClN2O3S. The number of hydrogen-bond donors (Lipinski definition) is 0. The van der Waals surface area contributed by atoms with E-state index in [2.05, 4.69) is 20.9 Å². The zero-order chi connectivity index (χ0) is 22.2. The molecule has 0 aromatic carbocycles. The summed E-state index contributed by atoms with van der Waals surface area (Å²) in [6.07, 6.45) is 5.38. The summed E-state index contributed by atoms with van der Waals surface area (Å²) in [4.78, 5) is 20.4. The molecule has 1 saturated carbocycles. The number of anilines is 1. The third-order valence-electron chi connectivity index (χ3n) is 5.33. The number of rotatable bonds is 4. The second kappa shape index (κ2) is 9.12. The van der Waals surface area contributed by atoms with Gasteiger partial charge in [-0.3, -0.25) is 4.90 Å². The Bertz CT molecular complexity index is 1070. The van der Waals surface area contributed by atoms with Crippen molar-refractivity contribution >= 4 is 61.7 Å². The second-order valence-electron chi connectivity index (χ2n) is 8.90. The molecule has 0 unspecified atom stereocenters. The van der Waals surface area contributed by atoms with E-state index in [1.165, 1.54) is 19.3 Å². The maximum Gasteiger partial charge on any atom is 0.415 e. The number of fused-ring (bicyclic) bond motifs is 1. The second-order valence-corrected chi connectivity index (χ2v) is 11.1. The summed E-state index contributed by atoms with van der Waals surface area (Å²) in [7, 11) is 0. The summed E-state index contributed by atoms with van der Waals surface area (Å²) < 4.78 is 12.9. The number of pyridine rings is 1. The van der Waals surface area contributed by atoms with Crippen molar-refractivity contribution < 1.29 is 13.9 Å². The maximum atomic E-state index is 13.2. The van der Waals surface area contributed by atoms with E-state index < -0.39 is 11.7 Å². The first-order valence-electron chi connectivity index (χ1n) is 10.5. The molecule has 8 heteroatoms. The van der Waals surface area contributed by atoms with Crippen LogP contribution in [-0.2, 0) is 11.3 Å². The van der Waals surface area contributed by atoms with Crippen molar-refractivity contribution in [3.05, 3.63) is 43.8 Å². The molecule has 166 valence electrons. The van der Waals surface area contributed by atoms with E-state index in [-0.39, 0.29) is 0 Å². The number of halogens is 2. The number of hydrogen-bond acceptors (Lipinski definition) is 5. The zero-order valence-electron chi connectivity index (χ0n) is 17.9. The number of furan rings is 1. The van der Waals surface area contributed by atoms with Gasteiger partial charge in [0, 0.05) is 16.9 Å². The van der Waals surface area contributed by atoms with Gasteiger partial charge >= 0.3 is 6.09 Å². The highest BCUT2D eigenvalue weighted by Crippen LogP contribution is 2.44. The first-order valence-corrected chi connectivity index (χ1v) is 12.6. The SMILES string of the molecule is CC(C)(C)OC(=O)N(Cc1cccs1)c1cc(Cl)nc2c(Br)c(C3CCCCC3)oc12. The lowest BCUT2D eigenvalue weighted by Gasteiger charge is -2.27. The summed E-state index contributed by atoms with van der Waals surface area (Å²) in [6, 6.07) is 5.64. The molecule has 0 saturated heterocycles. The van der Waals surface area contributed by atoms with Crippen molar-refractivity contribution in [2.75, 3.05) is 4.90 Å². The standard InChI is InChI=1S/C23H26BrClN2O3S/c1-23(2,3)30-22(28)27(13-15-10-7-11-31-15)16-12-17(25)26-19-18(24)20(29-21(16)19)14-8-5-4-6-9-14/h7,10-12,14H,4-6,8-9,13H2,1-3H3. The molecule has 5 nitrogen and oxygen atoms in total. The maximum absolute atomic E-state index is 13.2. The molecule has 4 rings (SSSR count). The van der Waals surface area contributed by atoms with Crippen LogP contribution in [0.1, 0.15) is 69.4 Å². The van der Waals surface area contributed by atoms with Crippen LogP contribution >= 0.6 is 38.9 Å². The van der Waals surface area contributed by atoms with Gasteiger partial charge in [0.15, 0.2) is 5.58 Å². The van der Waals surface area contributed by atoms with Crippen LogP contribution in [-0.4, -0.2) is 16.7 Å². The van der Waals surface area contributed by atoms with Gasteiger partial charge in [-0.2, -0.15) is 0 Å². The van der Waals surface area contributed by atoms with Crippen LogP contribution in [0.15, 0.2) is 32.5 Å². The Labute approximate surface area is 199 Å². The average Bonchev–Trinajstić information content (AvgIpc) is 3.33. The van der Waals surface area contributed by atoms with Gasteiger partial charge in [-0.15, -0.1) is 11.3 Å². The van der Waals surface area contributed by atoms with Crippen LogP contribution in [0.5, 0.6) is 0 Å². The lowest BCUT2D eigenvalue weighted by Crippen LogP contribution is -2.36. The van der Waals surface area contributed by atoms with Crippen LogP contribution in [0, 0.1) is 0 Å². The van der Waals surface area contributed by atoms with Gasteiger partial charge in [-0.05, 0) is 61.0 Å². The van der Waals surface area contributed by atoms with Crippen molar-refractivity contribution in [3.63, 3.8) is 0 Å². The van der Waals surface area contributed by atoms with Crippen molar-refractivity contribution in [1.82, 2.24) is 4.98 Å². The van der Waals surface area contributed by atoms with Crippen molar-refractivity contribution in [1.29, 1.82) is 0 Å². The molecule has 0 bridgehead atoms. The molecule has 3 aromatic rings. The fourth-order valence-corrected chi connectivity index (χ4v) is 5.52. The zero-order valence-corrected chi connectivity index (χ0v) is 21.1. The number of carbonyl (C=O) groups excluding carboxylic acids is 1. The van der Waals surface area contributed by atoms with Gasteiger partial charge in [-0.1, -0.05) is 36.9 Å². The Morgan fingerprint density at radius 3 is 2.74 bits per heavy atom. The predicted molar refractivity (Wildman–Crippen MR) is 129 cm³/mol. The molecule has 0 spiro atoms. The van der Waals surface area contributed by atoms with Gasteiger partial charge in [0.2, 0.25) is 0 Å². The Kier molecular flexibility index (Phi) is 6.65. The fourth-order valence-electron chi connectivity index (χ4n) is 3.96. The van der Waals surface area contributed by atoms with E-state index in [9.17, 15) is 4.79 Å². The molecule has 3 aromatic heterocycles. The largest absolute Gasteiger partial charge is 0.456 e. The monoisotopic (exact) mass is 524 g/mol. The van der Waals surface area contributed by atoms with E-state index in [1.807, 2.05) is 38.3 Å². The summed E-state index contributed by atoms with van der Waals surface area (Å²) in [5.74, 6) is 1.24. The third kappa shape index (κ3) is 5.10. The molecule has 31 heavy (non-hydrogen) atoms. The van der Waals surface area contributed by atoms with Crippen molar-refractivity contribution in [2.24, 2.45) is 0 Å². The number of nitrogens with zero attached hydrogens (tertiary/aromatic N) is 2. The summed E-state index contributed by atoms with van der Waals surface area (Å²) in [5.41, 5.74) is 1.14. The van der Waals surface area contributed by atoms with Crippen molar-refractivity contribution in [2.45, 2.75) is 70.9 Å². The average molecular weight is 526 g/mol. The Hall–Kier alpha value is -1.57. The predicted octanol–water partition coefficient (Wildman–Crippen LogP) is 8.29. The number of thiophene rings is 1. The molecule has 3 heterocycles. The van der Waals surface area contributed by atoms with Crippen LogP contribution in [0.3, 0.4) is 0 Å². The fraction of sp³-hybridized carbons (Fsp3) is 0.478. The van der Waals surface area contributed by atoms with Crippen LogP contribution in [0.2, 0.25) is 5.15 Å². The Morgan fingerprint density at radius 1 is 1.35 bits per heavy atom. The third-order valence-corrected chi connectivity index (χ3v) is 7.15. The van der Waals surface area contributed by atoms with Crippen molar-refractivity contribution in [3.8, 4) is 0 Å². The Morgan fingerprint density at radius 2 is 2.10 bits per heavy atom. The quantitative estimate of drug-likeness (QED) is 0.321. The summed E-state index contributed by atoms with van der Waals surface area (Å²) in [6.45, 7) is 5.93. The lowest BCUT2D eigenvalue weighted by molar-refractivity contribution is 0.0578. The van der Waals surface area contributed by atoms with Gasteiger partial charge < -0.3 is 9.15 Å². The topological polar surface area (TPSA) is 55.6 Å². The highest BCUT2D eigenvalue weighted by atomic mass is 79.9. The van der Waals surface area contributed by atoms with Crippen LogP contribution in [0.25, 0.3) is 11.1 Å². The first kappa shape index (κ1) is 22.6. The van der Waals surface area contributed by atoms with E-state index in [0.717, 1.165) is 28.0 Å². The molecule has 0 aliphatic heterocycles. The van der Waals surface area contributed by atoms with E-state index in [0.29, 0.717) is 34.4 Å². The summed E-state index contributed by atoms with van der Waals surface area (Å²) >= 11 is 11.7. The van der Waals surface area contributed by atoms with Gasteiger partial charge in [0.1, 0.15) is 22.0 Å². The lowest BCUT2D eigenvalue weighted by atomic mass is 9.87. The van der Waals surface area contributed by atoms with Gasteiger partial charge in [0.05, 0.1) is 16.7 Å². The Balaban J connectivity index is 1.82. The normalized spacial score (nSPS) is 15.4. The minimum absolute atomic E-state index is 0.305. The van der Waals surface area contributed by atoms with Crippen LogP contribution in [0.4, 0.5) is 10.5 Å². The van der Waals surface area contributed by atoms with E-state index >= 15 is 0 Å². The number of aromatic nitrogens is 1. The highest BCUT2D eigenvalue weighted by molar-refractivity contribution is 9.10. The number of amides is 1. The molecule has 1 aliphatic rings. The minimum Gasteiger partial charge on any atom is -0.456 e. The van der Waals surface area contributed by atoms with E-state index in [4.69, 9.17) is 20.8 Å².